The molecule has 1 unspecified atom stereocenters. The maximum atomic E-state index is 6.32. The van der Waals surface area contributed by atoms with Gasteiger partial charge in [-0.1, -0.05) is 0 Å². The van der Waals surface area contributed by atoms with Gasteiger partial charge in [0.1, 0.15) is 5.75 Å². The van der Waals surface area contributed by atoms with E-state index in [1.807, 2.05) is 22.7 Å². The fraction of sp³-hybridized carbons (Fsp3) is 0.250. The van der Waals surface area contributed by atoms with Crippen molar-refractivity contribution < 1.29 is 4.74 Å². The van der Waals surface area contributed by atoms with Crippen LogP contribution < -0.4 is 4.74 Å². The fourth-order valence-corrected chi connectivity index (χ4v) is 5.95. The van der Waals surface area contributed by atoms with Crippen molar-refractivity contribution in [2.75, 3.05) is 0 Å². The molecule has 3 aromatic rings. The van der Waals surface area contributed by atoms with Crippen LogP contribution in [0, 0.1) is 13.8 Å². The van der Waals surface area contributed by atoms with Crippen molar-refractivity contribution in [1.29, 1.82) is 0 Å². The van der Waals surface area contributed by atoms with Gasteiger partial charge in [-0.3, -0.25) is 0 Å². The number of benzene rings is 1. The lowest BCUT2D eigenvalue weighted by molar-refractivity contribution is 0.205. The zero-order valence-electron chi connectivity index (χ0n) is 11.4. The van der Waals surface area contributed by atoms with Gasteiger partial charge in [-0.25, -0.2) is 0 Å². The van der Waals surface area contributed by atoms with Gasteiger partial charge in [0, 0.05) is 20.0 Å². The molecule has 0 bridgehead atoms. The molecule has 0 aliphatic carbocycles. The van der Waals surface area contributed by atoms with Crippen LogP contribution in [0.4, 0.5) is 0 Å². The summed E-state index contributed by atoms with van der Waals surface area (Å²) in [5, 5.41) is 3.53. The van der Waals surface area contributed by atoms with Crippen LogP contribution in [-0.4, -0.2) is 0 Å². The number of rotatable bonds is 0. The summed E-state index contributed by atoms with van der Waals surface area (Å²) in [6, 6.07) is 6.68. The van der Waals surface area contributed by atoms with Crippen LogP contribution in [0.1, 0.15) is 22.9 Å². The first-order valence-corrected chi connectivity index (χ1v) is 9.25. The molecule has 0 saturated heterocycles. The number of hydrogen-bond donors (Lipinski definition) is 0. The molecule has 1 aliphatic heterocycles. The van der Waals surface area contributed by atoms with Gasteiger partial charge in [-0.2, -0.15) is 0 Å². The first-order valence-electron chi connectivity index (χ1n) is 6.47. The number of thiophene rings is 2. The summed E-state index contributed by atoms with van der Waals surface area (Å²) in [6.45, 7) is 6.49. The molecule has 4 rings (SSSR count). The zero-order chi connectivity index (χ0) is 14.1. The molecule has 1 nitrogen and oxygen atoms in total. The molecule has 20 heavy (non-hydrogen) atoms. The molecule has 0 radical (unpaired) electrons. The predicted octanol–water partition coefficient (Wildman–Crippen LogP) is 6.25. The molecular formula is C16H13IOS2. The van der Waals surface area contributed by atoms with E-state index < -0.39 is 0 Å². The van der Waals surface area contributed by atoms with Crippen molar-refractivity contribution in [3.8, 4) is 16.2 Å². The van der Waals surface area contributed by atoms with E-state index in [1.54, 1.807) is 0 Å². The van der Waals surface area contributed by atoms with E-state index >= 15 is 0 Å². The monoisotopic (exact) mass is 412 g/mol. The minimum absolute atomic E-state index is 0.276. The smallest absolute Gasteiger partial charge is 0.182 e. The van der Waals surface area contributed by atoms with Crippen molar-refractivity contribution in [3.05, 3.63) is 39.6 Å². The maximum absolute atomic E-state index is 6.32. The highest BCUT2D eigenvalue weighted by atomic mass is 127. The van der Waals surface area contributed by atoms with Gasteiger partial charge in [-0.15, -0.1) is 22.7 Å². The molecule has 1 atom stereocenters. The molecular weight excluding hydrogens is 399 g/mol. The Labute approximate surface area is 139 Å². The first kappa shape index (κ1) is 13.1. The number of aryl methyl sites for hydroxylation is 2. The average molecular weight is 412 g/mol. The summed E-state index contributed by atoms with van der Waals surface area (Å²) in [4.78, 5) is 2.73. The van der Waals surface area contributed by atoms with Gasteiger partial charge < -0.3 is 4.74 Å². The minimum atomic E-state index is -0.276. The Bertz CT molecular complexity index is 842. The van der Waals surface area contributed by atoms with Crippen LogP contribution in [-0.2, 0) is 3.61 Å². The van der Waals surface area contributed by atoms with Gasteiger partial charge in [0.25, 0.3) is 0 Å². The SMILES string of the molecule is Cc1cc2c(s1)-c1c(cc(C)c3ccsc13)OC2(C)I. The molecule has 2 aromatic heterocycles. The van der Waals surface area contributed by atoms with Crippen LogP contribution in [0.2, 0.25) is 0 Å². The van der Waals surface area contributed by atoms with E-state index in [2.05, 4.69) is 66.9 Å². The molecule has 1 aliphatic rings. The summed E-state index contributed by atoms with van der Waals surface area (Å²) in [5.41, 5.74) is 3.90. The number of fused-ring (bicyclic) bond motifs is 5. The van der Waals surface area contributed by atoms with Gasteiger partial charge in [-0.05, 0) is 77.9 Å². The average Bonchev–Trinajstić information content (AvgIpc) is 2.95. The number of ether oxygens (including phenoxy) is 1. The van der Waals surface area contributed by atoms with E-state index in [0.29, 0.717) is 0 Å². The van der Waals surface area contributed by atoms with E-state index in [-0.39, 0.29) is 3.61 Å². The largest absolute Gasteiger partial charge is 0.472 e. The number of halogens is 1. The van der Waals surface area contributed by atoms with Gasteiger partial charge in [0.05, 0.1) is 5.56 Å². The van der Waals surface area contributed by atoms with Crippen molar-refractivity contribution in [2.45, 2.75) is 24.4 Å². The summed E-state index contributed by atoms with van der Waals surface area (Å²) >= 11 is 6.11. The summed E-state index contributed by atoms with van der Waals surface area (Å²) < 4.78 is 7.40. The molecule has 0 saturated carbocycles. The van der Waals surface area contributed by atoms with Crippen LogP contribution in [0.25, 0.3) is 20.5 Å². The van der Waals surface area contributed by atoms with Crippen LogP contribution in [0.15, 0.2) is 23.6 Å². The predicted molar refractivity (Wildman–Crippen MR) is 96.6 cm³/mol. The van der Waals surface area contributed by atoms with Crippen molar-refractivity contribution in [3.63, 3.8) is 0 Å². The third-order valence-electron chi connectivity index (χ3n) is 3.78. The quantitative estimate of drug-likeness (QED) is 0.313. The number of alkyl halides is 1. The summed E-state index contributed by atoms with van der Waals surface area (Å²) in [6.07, 6.45) is 0. The van der Waals surface area contributed by atoms with E-state index in [4.69, 9.17) is 4.74 Å². The van der Waals surface area contributed by atoms with Crippen molar-refractivity contribution in [2.24, 2.45) is 0 Å². The lowest BCUT2D eigenvalue weighted by Crippen LogP contribution is -2.24. The van der Waals surface area contributed by atoms with Crippen LogP contribution >= 0.6 is 45.3 Å². The van der Waals surface area contributed by atoms with Crippen molar-refractivity contribution in [1.82, 2.24) is 0 Å². The first-order chi connectivity index (χ1) is 9.47. The van der Waals surface area contributed by atoms with Crippen LogP contribution in [0.5, 0.6) is 5.75 Å². The number of hydrogen-bond acceptors (Lipinski definition) is 3. The second-order valence-corrected chi connectivity index (χ2v) is 9.58. The third-order valence-corrected chi connectivity index (χ3v) is 6.58. The Morgan fingerprint density at radius 2 is 2.05 bits per heavy atom. The molecule has 0 spiro atoms. The molecule has 102 valence electrons. The van der Waals surface area contributed by atoms with Gasteiger partial charge >= 0.3 is 0 Å². The molecule has 0 amide bonds. The lowest BCUT2D eigenvalue weighted by Gasteiger charge is -2.31. The summed E-state index contributed by atoms with van der Waals surface area (Å²) in [5.74, 6) is 1.03. The Balaban J connectivity index is 2.16. The molecule has 1 aromatic carbocycles. The highest BCUT2D eigenvalue weighted by molar-refractivity contribution is 14.1. The highest BCUT2D eigenvalue weighted by Gasteiger charge is 2.37. The Morgan fingerprint density at radius 3 is 2.85 bits per heavy atom. The fourth-order valence-electron chi connectivity index (χ4n) is 2.86. The van der Waals surface area contributed by atoms with E-state index in [9.17, 15) is 0 Å². The second kappa shape index (κ2) is 4.21. The molecule has 0 fully saturated rings. The normalized spacial score (nSPS) is 20.6. The highest BCUT2D eigenvalue weighted by Crippen LogP contribution is 2.55. The second-order valence-electron chi connectivity index (χ2n) is 5.35. The maximum Gasteiger partial charge on any atom is 0.182 e. The van der Waals surface area contributed by atoms with E-state index in [0.717, 1.165) is 5.75 Å². The van der Waals surface area contributed by atoms with Crippen molar-refractivity contribution >= 4 is 55.4 Å². The zero-order valence-corrected chi connectivity index (χ0v) is 15.2. The standard InChI is InChI=1S/C16H13IOS2/c1-8-6-12-13(14-10(8)4-5-19-14)15-11(7-9(2)20-15)16(3,17)18-12/h4-7H,1-3H3. The van der Waals surface area contributed by atoms with Gasteiger partial charge in [0.15, 0.2) is 3.61 Å². The molecule has 0 N–H and O–H groups in total. The minimum Gasteiger partial charge on any atom is -0.472 e. The Hall–Kier alpha value is -0.590. The van der Waals surface area contributed by atoms with Crippen LogP contribution in [0.3, 0.4) is 0 Å². The van der Waals surface area contributed by atoms with E-state index in [1.165, 1.54) is 36.5 Å². The lowest BCUT2D eigenvalue weighted by atomic mass is 9.98. The van der Waals surface area contributed by atoms with Gasteiger partial charge in [0.2, 0.25) is 0 Å². The Morgan fingerprint density at radius 1 is 1.25 bits per heavy atom. The molecule has 3 heterocycles. The topological polar surface area (TPSA) is 9.23 Å². The Kier molecular flexibility index (Phi) is 2.76. The molecule has 4 heteroatoms. The summed E-state index contributed by atoms with van der Waals surface area (Å²) in [7, 11) is 0. The third kappa shape index (κ3) is 1.71.